The van der Waals surface area contributed by atoms with Gasteiger partial charge in [0.1, 0.15) is 16.3 Å². The normalized spacial score (nSPS) is 14.7. The van der Waals surface area contributed by atoms with Crippen LogP contribution < -0.4 is 5.01 Å². The van der Waals surface area contributed by atoms with Crippen molar-refractivity contribution in [3.63, 3.8) is 0 Å². The number of hydrogen-bond acceptors (Lipinski definition) is 18. The summed E-state index contributed by atoms with van der Waals surface area (Å²) in [6.07, 6.45) is 3.25. The van der Waals surface area contributed by atoms with Crippen molar-refractivity contribution in [3.8, 4) is 11.6 Å². The van der Waals surface area contributed by atoms with Gasteiger partial charge in [0.05, 0.1) is 56.4 Å². The van der Waals surface area contributed by atoms with Crippen LogP contribution in [0.15, 0.2) is 78.8 Å². The van der Waals surface area contributed by atoms with E-state index in [0.29, 0.717) is 47.0 Å². The largest absolute Gasteiger partial charge is 0.493 e. The molecule has 4 rings (SSSR count). The van der Waals surface area contributed by atoms with Gasteiger partial charge >= 0.3 is 0 Å². The lowest BCUT2D eigenvalue weighted by Gasteiger charge is -2.16. The smallest absolute Gasteiger partial charge is 0.296 e. The fraction of sp³-hybridized carbons (Fsp3) is 0.0800. The molecule has 0 saturated heterocycles. The summed E-state index contributed by atoms with van der Waals surface area (Å²) in [6.45, 7) is 2.14. The van der Waals surface area contributed by atoms with Crippen LogP contribution in [0.25, 0.3) is 11.8 Å². The number of aromatic hydroxyl groups is 1. The number of carbonyl (C=O) groups excluding carboxylic acids is 3. The third-order valence-electron chi connectivity index (χ3n) is 6.18. The van der Waals surface area contributed by atoms with Crippen LogP contribution in [-0.4, -0.2) is 74.5 Å². The summed E-state index contributed by atoms with van der Waals surface area (Å²) in [4.78, 5) is 37.1. The highest BCUT2D eigenvalue weighted by atomic mass is 32.2. The van der Waals surface area contributed by atoms with Crippen molar-refractivity contribution in [2.75, 3.05) is 5.01 Å². The molecule has 0 aliphatic carbocycles. The van der Waals surface area contributed by atoms with E-state index < -0.39 is 64.8 Å². The summed E-state index contributed by atoms with van der Waals surface area (Å²) >= 11 is 0.977. The Balaban J connectivity index is 1.81. The second-order valence-electron chi connectivity index (χ2n) is 9.28. The van der Waals surface area contributed by atoms with E-state index in [0.717, 1.165) is 37.1 Å². The number of hydrogen-bond donors (Lipinski definition) is 5. The Morgan fingerprint density at radius 3 is 2.16 bits per heavy atom. The van der Waals surface area contributed by atoms with Crippen LogP contribution in [0, 0.1) is 0 Å². The topological polar surface area (TPSA) is 291 Å². The van der Waals surface area contributed by atoms with E-state index in [-0.39, 0.29) is 32.3 Å². The Kier molecular flexibility index (Phi) is 11.5. The molecule has 5 N–H and O–H groups in total. The van der Waals surface area contributed by atoms with E-state index in [9.17, 15) is 45.4 Å². The minimum absolute atomic E-state index is 0.0238. The molecule has 1 aromatic heterocycles. The lowest BCUT2D eigenvalue weighted by molar-refractivity contribution is -0.432. The molecule has 2 heterocycles. The number of Topliss-reactive ketones (excluding diaryl/α,β-unsaturated/α-hetero) is 2. The number of aromatic nitrogens is 2. The van der Waals surface area contributed by atoms with Gasteiger partial charge in [-0.3, -0.25) is 23.5 Å². The maximum Gasteiger partial charge on any atom is 0.296 e. The van der Waals surface area contributed by atoms with E-state index in [4.69, 9.17) is 10.5 Å². The third-order valence-corrected chi connectivity index (χ3v) is 9.15. The molecule has 0 atom stereocenters. The zero-order valence-corrected chi connectivity index (χ0v) is 27.6. The molecule has 1 aliphatic heterocycles. The van der Waals surface area contributed by atoms with Crippen LogP contribution >= 0.6 is 24.1 Å². The Hall–Kier alpha value is -4.31. The molecule has 20 nitrogen and oxygen atoms in total. The molecule has 1 aliphatic rings. The lowest BCUT2D eigenvalue weighted by atomic mass is 10.1. The molecule has 260 valence electrons. The maximum atomic E-state index is 13.5. The van der Waals surface area contributed by atoms with E-state index in [2.05, 4.69) is 28.9 Å². The zero-order valence-electron chi connectivity index (χ0n) is 24.3. The fourth-order valence-electron chi connectivity index (χ4n) is 4.16. The average Bonchev–Trinajstić information content (AvgIpc) is 3.54. The van der Waals surface area contributed by atoms with Gasteiger partial charge in [-0.1, -0.05) is 16.2 Å². The molecular formula is C25H20N4O16S4. The highest BCUT2D eigenvalue weighted by Crippen LogP contribution is 2.38. The van der Waals surface area contributed by atoms with Crippen molar-refractivity contribution in [1.29, 1.82) is 0 Å². The van der Waals surface area contributed by atoms with Gasteiger partial charge in [0, 0.05) is 18.7 Å². The van der Waals surface area contributed by atoms with Crippen LogP contribution in [-0.2, 0) is 48.6 Å². The Bertz CT molecular complexity index is 2160. The first-order valence-electron chi connectivity index (χ1n) is 12.7. The zero-order chi connectivity index (χ0) is 36.3. The standard InChI is InChI=1S/C25H20N4O16S4/c1-12(30)22-16(24(32)28(26-22)18-10-14(46-44-42-34)6-8-20(18)47-45-43-35)4-3-5-17-23(13(2)31)27-29(25(17)33)19-11-15(48(36,37)38)7-9-21(19)49(39,40)41/h3-11,33-35H,1-2H3,(H,36,37,38)(H,39,40,41)/b5-3+,16-4?. The van der Waals surface area contributed by atoms with Gasteiger partial charge < -0.3 is 5.11 Å². The monoisotopic (exact) mass is 760 g/mol. The highest BCUT2D eigenvalue weighted by molar-refractivity contribution is 7.95. The second-order valence-corrected chi connectivity index (χ2v) is 13.6. The van der Waals surface area contributed by atoms with Crippen molar-refractivity contribution in [1.82, 2.24) is 9.78 Å². The molecule has 0 bridgehead atoms. The quantitative estimate of drug-likeness (QED) is 0.0394. The van der Waals surface area contributed by atoms with E-state index in [1.165, 1.54) is 18.2 Å². The molecule has 3 aromatic rings. The Labute approximate surface area is 283 Å². The SMILES string of the molecule is CC(=O)C1=NN(c2cc(SOOO)ccc2SOOO)C(=O)C1=C/C=C/c1c(C(C)=O)nn(-c2cc(S(=O)(=O)O)ccc2S(=O)(=O)O)c1O. The van der Waals surface area contributed by atoms with Crippen LogP contribution in [0.2, 0.25) is 0 Å². The van der Waals surface area contributed by atoms with Crippen molar-refractivity contribution in [3.05, 3.63) is 65.4 Å². The van der Waals surface area contributed by atoms with Gasteiger partial charge in [0.15, 0.2) is 11.6 Å². The molecule has 0 radical (unpaired) electrons. The van der Waals surface area contributed by atoms with E-state index in [1.54, 1.807) is 0 Å². The molecule has 1 amide bonds. The third kappa shape index (κ3) is 8.29. The van der Waals surface area contributed by atoms with E-state index >= 15 is 0 Å². The summed E-state index contributed by atoms with van der Waals surface area (Å²) < 4.78 is 76.0. The lowest BCUT2D eigenvalue weighted by Crippen LogP contribution is -2.22. The summed E-state index contributed by atoms with van der Waals surface area (Å²) in [5, 5.41) is 44.0. The average molecular weight is 761 g/mol. The number of anilines is 1. The number of nitrogens with zero attached hydrogens (tertiary/aromatic N) is 4. The first kappa shape index (κ1) is 37.5. The van der Waals surface area contributed by atoms with Gasteiger partial charge in [-0.25, -0.2) is 10.5 Å². The van der Waals surface area contributed by atoms with Crippen LogP contribution in [0.1, 0.15) is 29.9 Å². The Morgan fingerprint density at radius 2 is 1.57 bits per heavy atom. The molecule has 49 heavy (non-hydrogen) atoms. The molecule has 0 saturated carbocycles. The number of ketones is 2. The van der Waals surface area contributed by atoms with Crippen LogP contribution in [0.4, 0.5) is 5.69 Å². The van der Waals surface area contributed by atoms with E-state index in [1.807, 2.05) is 0 Å². The summed E-state index contributed by atoms with van der Waals surface area (Å²) in [5.74, 6) is -3.26. The number of amides is 1. The Morgan fingerprint density at radius 1 is 0.898 bits per heavy atom. The number of carbonyl (C=O) groups is 3. The molecule has 0 spiro atoms. The number of hydrazone groups is 1. The van der Waals surface area contributed by atoms with Crippen LogP contribution in [0.5, 0.6) is 5.88 Å². The fourth-order valence-corrected chi connectivity index (χ4v) is 6.16. The predicted molar refractivity (Wildman–Crippen MR) is 165 cm³/mol. The first-order valence-corrected chi connectivity index (χ1v) is 17.0. The van der Waals surface area contributed by atoms with Gasteiger partial charge in [0.25, 0.3) is 26.1 Å². The highest BCUT2D eigenvalue weighted by Gasteiger charge is 2.35. The van der Waals surface area contributed by atoms with Gasteiger partial charge in [-0.15, -0.1) is 8.67 Å². The molecule has 0 fully saturated rings. The van der Waals surface area contributed by atoms with Gasteiger partial charge in [0.2, 0.25) is 5.88 Å². The molecule has 24 heteroatoms. The van der Waals surface area contributed by atoms with Crippen molar-refractivity contribution in [2.45, 2.75) is 33.4 Å². The minimum atomic E-state index is -5.08. The number of benzene rings is 2. The van der Waals surface area contributed by atoms with Gasteiger partial charge in [-0.05, 0) is 48.6 Å². The summed E-state index contributed by atoms with van der Waals surface area (Å²) in [7, 11) is -10.00. The molecule has 0 unspecified atom stereocenters. The summed E-state index contributed by atoms with van der Waals surface area (Å²) in [6, 6.07) is 5.99. The maximum absolute atomic E-state index is 13.5. The number of allylic oxidation sites excluding steroid dienone is 2. The predicted octanol–water partition coefficient (Wildman–Crippen LogP) is 3.06. The van der Waals surface area contributed by atoms with Crippen molar-refractivity contribution in [2.24, 2.45) is 5.10 Å². The van der Waals surface area contributed by atoms with Gasteiger partial charge in [-0.2, -0.15) is 36.7 Å². The van der Waals surface area contributed by atoms with Crippen LogP contribution in [0.3, 0.4) is 0 Å². The number of rotatable bonds is 14. The minimum Gasteiger partial charge on any atom is -0.493 e. The molecule has 2 aromatic carbocycles. The van der Waals surface area contributed by atoms with Crippen molar-refractivity contribution >= 4 is 79.3 Å². The van der Waals surface area contributed by atoms with Crippen molar-refractivity contribution < 1.29 is 74.7 Å². The second kappa shape index (κ2) is 15.1. The summed E-state index contributed by atoms with van der Waals surface area (Å²) in [5.41, 5.74) is -2.28. The molecular weight excluding hydrogens is 741 g/mol. The first-order chi connectivity index (χ1) is 23.0.